The quantitative estimate of drug-likeness (QED) is 0.694. The van der Waals surface area contributed by atoms with Crippen LogP contribution in [-0.4, -0.2) is 29.2 Å². The minimum absolute atomic E-state index is 0.197. The molecule has 1 aliphatic rings. The molecule has 1 aromatic rings. The van der Waals surface area contributed by atoms with Crippen LogP contribution in [0.25, 0.3) is 0 Å². The maximum Gasteiger partial charge on any atom is 0.220 e. The number of carbonyl (C=O) groups excluding carboxylic acids is 1. The Morgan fingerprint density at radius 1 is 1.14 bits per heavy atom. The Bertz CT molecular complexity index is 405. The van der Waals surface area contributed by atoms with Crippen molar-refractivity contribution in [2.24, 2.45) is 0 Å². The molecule has 21 heavy (non-hydrogen) atoms. The van der Waals surface area contributed by atoms with E-state index in [0.717, 1.165) is 29.1 Å². The lowest BCUT2D eigenvalue weighted by molar-refractivity contribution is -0.120. The second-order valence-electron chi connectivity index (χ2n) is 5.42. The van der Waals surface area contributed by atoms with Crippen LogP contribution in [-0.2, 0) is 10.5 Å². The van der Waals surface area contributed by atoms with E-state index in [1.807, 2.05) is 29.6 Å². The molecule has 4 heteroatoms. The Balaban J connectivity index is 1.44. The molecular weight excluding hydrogens is 298 g/mol. The molecule has 1 fully saturated rings. The zero-order valence-electron chi connectivity index (χ0n) is 12.6. The van der Waals surface area contributed by atoms with Crippen molar-refractivity contribution >= 4 is 29.4 Å². The lowest BCUT2D eigenvalue weighted by atomic mass is 10.2. The minimum atomic E-state index is 0.197. The Labute approximate surface area is 136 Å². The normalized spacial score (nSPS) is 15.2. The van der Waals surface area contributed by atoms with Crippen LogP contribution in [0.3, 0.4) is 0 Å². The molecule has 0 atom stereocenters. The van der Waals surface area contributed by atoms with Crippen LogP contribution in [0.15, 0.2) is 30.3 Å². The summed E-state index contributed by atoms with van der Waals surface area (Å²) < 4.78 is 0. The first-order valence-electron chi connectivity index (χ1n) is 7.84. The third-order valence-corrected chi connectivity index (χ3v) is 6.08. The van der Waals surface area contributed by atoms with E-state index in [1.165, 1.54) is 31.2 Å². The van der Waals surface area contributed by atoms with Crippen LogP contribution in [0.2, 0.25) is 0 Å². The topological polar surface area (TPSA) is 29.1 Å². The van der Waals surface area contributed by atoms with E-state index < -0.39 is 0 Å². The minimum Gasteiger partial charge on any atom is -0.355 e. The third-order valence-electron chi connectivity index (χ3n) is 3.66. The first-order chi connectivity index (χ1) is 10.3. The molecule has 0 aromatic heterocycles. The zero-order valence-corrected chi connectivity index (χ0v) is 14.2. The van der Waals surface area contributed by atoms with Crippen LogP contribution in [0.5, 0.6) is 0 Å². The van der Waals surface area contributed by atoms with Gasteiger partial charge in [-0.05, 0) is 18.4 Å². The highest BCUT2D eigenvalue weighted by Gasteiger charge is 2.14. The number of hydrogen-bond donors (Lipinski definition) is 1. The van der Waals surface area contributed by atoms with Crippen molar-refractivity contribution in [1.29, 1.82) is 0 Å². The summed E-state index contributed by atoms with van der Waals surface area (Å²) >= 11 is 3.86. The molecule has 1 aliphatic carbocycles. The second-order valence-corrected chi connectivity index (χ2v) is 7.93. The molecule has 1 amide bonds. The van der Waals surface area contributed by atoms with E-state index >= 15 is 0 Å². The van der Waals surface area contributed by atoms with Gasteiger partial charge in [0.15, 0.2) is 0 Å². The largest absolute Gasteiger partial charge is 0.355 e. The highest BCUT2D eigenvalue weighted by Crippen LogP contribution is 2.28. The predicted octanol–water partition coefficient (Wildman–Crippen LogP) is 4.10. The van der Waals surface area contributed by atoms with E-state index in [1.54, 1.807) is 0 Å². The molecule has 1 N–H and O–H groups in total. The van der Waals surface area contributed by atoms with Crippen molar-refractivity contribution in [3.63, 3.8) is 0 Å². The summed E-state index contributed by atoms with van der Waals surface area (Å²) in [6.45, 7) is 0.823. The van der Waals surface area contributed by atoms with Gasteiger partial charge in [0.1, 0.15) is 0 Å². The van der Waals surface area contributed by atoms with Crippen molar-refractivity contribution in [2.45, 2.75) is 43.1 Å². The number of thioether (sulfide) groups is 2. The maximum absolute atomic E-state index is 11.7. The van der Waals surface area contributed by atoms with Crippen LogP contribution < -0.4 is 5.32 Å². The van der Waals surface area contributed by atoms with Crippen molar-refractivity contribution < 1.29 is 4.79 Å². The monoisotopic (exact) mass is 323 g/mol. The molecule has 2 rings (SSSR count). The van der Waals surface area contributed by atoms with Gasteiger partial charge in [0, 0.05) is 35.5 Å². The van der Waals surface area contributed by atoms with Crippen molar-refractivity contribution in [2.75, 3.05) is 18.1 Å². The van der Waals surface area contributed by atoms with Gasteiger partial charge in [0.2, 0.25) is 5.91 Å². The summed E-state index contributed by atoms with van der Waals surface area (Å²) in [6.07, 6.45) is 6.15. The Hall–Kier alpha value is -0.610. The maximum atomic E-state index is 11.7. The van der Waals surface area contributed by atoms with E-state index in [0.29, 0.717) is 6.42 Å². The average Bonchev–Trinajstić information content (AvgIpc) is 3.02. The fourth-order valence-electron chi connectivity index (χ4n) is 2.49. The van der Waals surface area contributed by atoms with Gasteiger partial charge in [-0.15, -0.1) is 0 Å². The summed E-state index contributed by atoms with van der Waals surface area (Å²) in [5.74, 6) is 3.15. The fraction of sp³-hybridized carbons (Fsp3) is 0.588. The van der Waals surface area contributed by atoms with Crippen molar-refractivity contribution in [3.8, 4) is 0 Å². The molecule has 1 aromatic carbocycles. The standard InChI is InChI=1S/C17H25NOS2/c19-17(18-11-13-21-16-8-4-5-9-16)10-12-20-14-15-6-2-1-3-7-15/h1-3,6-7,16H,4-5,8-14H2,(H,18,19). The molecule has 0 aliphatic heterocycles. The SMILES string of the molecule is O=C(CCSCc1ccccc1)NCCSC1CCCC1. The number of carbonyl (C=O) groups is 1. The molecule has 0 heterocycles. The van der Waals surface area contributed by atoms with Gasteiger partial charge in [-0.2, -0.15) is 23.5 Å². The first-order valence-corrected chi connectivity index (χ1v) is 10.0. The molecule has 0 saturated heterocycles. The van der Waals surface area contributed by atoms with Crippen LogP contribution >= 0.6 is 23.5 Å². The van der Waals surface area contributed by atoms with Crippen LogP contribution in [0.4, 0.5) is 0 Å². The average molecular weight is 324 g/mol. The summed E-state index contributed by atoms with van der Waals surface area (Å²) in [7, 11) is 0. The number of hydrogen-bond acceptors (Lipinski definition) is 3. The van der Waals surface area contributed by atoms with Crippen molar-refractivity contribution in [3.05, 3.63) is 35.9 Å². The van der Waals surface area contributed by atoms with Gasteiger partial charge in [-0.1, -0.05) is 43.2 Å². The molecular formula is C17H25NOS2. The summed E-state index contributed by atoms with van der Waals surface area (Å²) in [5, 5.41) is 3.88. The van der Waals surface area contributed by atoms with E-state index in [4.69, 9.17) is 0 Å². The number of amides is 1. The molecule has 1 saturated carbocycles. The second kappa shape index (κ2) is 10.2. The van der Waals surface area contributed by atoms with E-state index in [-0.39, 0.29) is 5.91 Å². The van der Waals surface area contributed by atoms with Crippen LogP contribution in [0.1, 0.15) is 37.7 Å². The molecule has 2 nitrogen and oxygen atoms in total. The lowest BCUT2D eigenvalue weighted by Crippen LogP contribution is -2.26. The van der Waals surface area contributed by atoms with Crippen LogP contribution in [0, 0.1) is 0 Å². The predicted molar refractivity (Wildman–Crippen MR) is 94.9 cm³/mol. The molecule has 0 bridgehead atoms. The molecule has 0 spiro atoms. The molecule has 0 unspecified atom stereocenters. The lowest BCUT2D eigenvalue weighted by Gasteiger charge is -2.09. The summed E-state index contributed by atoms with van der Waals surface area (Å²) in [5.41, 5.74) is 1.33. The van der Waals surface area contributed by atoms with Gasteiger partial charge >= 0.3 is 0 Å². The van der Waals surface area contributed by atoms with E-state index in [2.05, 4.69) is 29.6 Å². The summed E-state index contributed by atoms with van der Waals surface area (Å²) in [4.78, 5) is 11.7. The van der Waals surface area contributed by atoms with Gasteiger partial charge in [-0.3, -0.25) is 4.79 Å². The highest BCUT2D eigenvalue weighted by atomic mass is 32.2. The van der Waals surface area contributed by atoms with Gasteiger partial charge in [0.25, 0.3) is 0 Å². The Morgan fingerprint density at radius 2 is 1.90 bits per heavy atom. The number of benzene rings is 1. The van der Waals surface area contributed by atoms with Crippen molar-refractivity contribution in [1.82, 2.24) is 5.32 Å². The first kappa shape index (κ1) is 16.8. The van der Waals surface area contributed by atoms with Gasteiger partial charge in [0.05, 0.1) is 0 Å². The summed E-state index contributed by atoms with van der Waals surface area (Å²) in [6, 6.07) is 10.4. The van der Waals surface area contributed by atoms with Gasteiger partial charge < -0.3 is 5.32 Å². The third kappa shape index (κ3) is 7.28. The molecule has 0 radical (unpaired) electrons. The van der Waals surface area contributed by atoms with Gasteiger partial charge in [-0.25, -0.2) is 0 Å². The fourth-order valence-corrected chi connectivity index (χ4v) is 4.61. The number of rotatable bonds is 9. The Kier molecular flexibility index (Phi) is 8.12. The zero-order chi connectivity index (χ0) is 14.8. The van der Waals surface area contributed by atoms with E-state index in [9.17, 15) is 4.79 Å². The highest BCUT2D eigenvalue weighted by molar-refractivity contribution is 7.99. The Morgan fingerprint density at radius 3 is 2.67 bits per heavy atom. The molecule has 116 valence electrons. The smallest absolute Gasteiger partial charge is 0.220 e. The number of nitrogens with one attached hydrogen (secondary N) is 1.